The molecule has 0 aliphatic heterocycles. The fourth-order valence-corrected chi connectivity index (χ4v) is 5.36. The molecule has 0 saturated heterocycles. The molecule has 0 amide bonds. The molecule has 1 aliphatic carbocycles. The number of benzene rings is 1. The smallest absolute Gasteiger partial charge is 0.383 e. The minimum Gasteiger partial charge on any atom is -0.383 e. The Morgan fingerprint density at radius 2 is 1.66 bits per heavy atom. The fourth-order valence-electron chi connectivity index (χ4n) is 3.94. The second-order valence-corrected chi connectivity index (χ2v) is 10.1. The quantitative estimate of drug-likeness (QED) is 0.423. The van der Waals surface area contributed by atoms with Gasteiger partial charge in [-0.15, -0.1) is 0 Å². The van der Waals surface area contributed by atoms with Crippen molar-refractivity contribution in [3.63, 3.8) is 0 Å². The molecule has 6 nitrogen and oxygen atoms in total. The summed E-state index contributed by atoms with van der Waals surface area (Å²) in [5.41, 5.74) is -0.863. The van der Waals surface area contributed by atoms with Gasteiger partial charge >= 0.3 is 6.18 Å². The van der Waals surface area contributed by atoms with E-state index in [0.29, 0.717) is 26.1 Å². The van der Waals surface area contributed by atoms with Gasteiger partial charge in [-0.25, -0.2) is 8.42 Å². The summed E-state index contributed by atoms with van der Waals surface area (Å²) in [5, 5.41) is 0. The summed E-state index contributed by atoms with van der Waals surface area (Å²) in [5.74, 6) is 0. The van der Waals surface area contributed by atoms with Crippen LogP contribution in [-0.2, 0) is 25.7 Å². The maximum atomic E-state index is 12.9. The van der Waals surface area contributed by atoms with Crippen molar-refractivity contribution in [1.82, 2.24) is 9.21 Å². The van der Waals surface area contributed by atoms with Gasteiger partial charge in [-0.2, -0.15) is 17.5 Å². The molecule has 1 aliphatic rings. The van der Waals surface area contributed by atoms with Crippen molar-refractivity contribution in [2.24, 2.45) is 0 Å². The van der Waals surface area contributed by atoms with Gasteiger partial charge in [-0.3, -0.25) is 0 Å². The van der Waals surface area contributed by atoms with Crippen LogP contribution in [0.15, 0.2) is 29.2 Å². The molecule has 0 bridgehead atoms. The molecule has 0 atom stereocenters. The third-order valence-electron chi connectivity index (χ3n) is 6.05. The third kappa shape index (κ3) is 7.69. The first-order chi connectivity index (χ1) is 15.1. The first-order valence-electron chi connectivity index (χ1n) is 11.1. The first-order valence-corrected chi connectivity index (χ1v) is 12.5. The maximum Gasteiger partial charge on any atom is 0.416 e. The van der Waals surface area contributed by atoms with Gasteiger partial charge in [0, 0.05) is 39.9 Å². The molecule has 0 unspecified atom stereocenters. The summed E-state index contributed by atoms with van der Waals surface area (Å²) < 4.78 is 76.3. The van der Waals surface area contributed by atoms with Gasteiger partial charge in [0.2, 0.25) is 10.0 Å². The van der Waals surface area contributed by atoms with Crippen molar-refractivity contribution in [3.8, 4) is 0 Å². The normalized spacial score (nSPS) is 20.2. The number of halogens is 3. The molecule has 184 valence electrons. The first kappa shape index (κ1) is 27.0. The van der Waals surface area contributed by atoms with Crippen LogP contribution in [0.25, 0.3) is 0 Å². The molecule has 2 rings (SSSR count). The van der Waals surface area contributed by atoms with Gasteiger partial charge in [-0.05, 0) is 62.9 Å². The van der Waals surface area contributed by atoms with E-state index < -0.39 is 21.8 Å². The van der Waals surface area contributed by atoms with Crippen LogP contribution in [0.3, 0.4) is 0 Å². The van der Waals surface area contributed by atoms with Crippen molar-refractivity contribution < 1.29 is 31.1 Å². The van der Waals surface area contributed by atoms with Crippen LogP contribution in [0.4, 0.5) is 13.2 Å². The Hall–Kier alpha value is -1.20. The Kier molecular flexibility index (Phi) is 10.4. The Balaban J connectivity index is 1.79. The van der Waals surface area contributed by atoms with Gasteiger partial charge in [0.1, 0.15) is 0 Å². The van der Waals surface area contributed by atoms with Crippen LogP contribution in [0, 0.1) is 0 Å². The van der Waals surface area contributed by atoms with E-state index in [0.717, 1.165) is 63.2 Å². The number of nitrogens with zero attached hydrogens (tertiary/aromatic N) is 2. The SMILES string of the molecule is CCN(CCCOC1CCC(N(C)S(=O)(=O)c2ccc(C(F)(F)F)cc2)CC1)CCOC. The Morgan fingerprint density at radius 3 is 2.19 bits per heavy atom. The second kappa shape index (κ2) is 12.3. The zero-order chi connectivity index (χ0) is 23.8. The van der Waals surface area contributed by atoms with E-state index in [4.69, 9.17) is 9.47 Å². The van der Waals surface area contributed by atoms with E-state index in [1.807, 2.05) is 0 Å². The number of methoxy groups -OCH3 is 1. The van der Waals surface area contributed by atoms with E-state index in [2.05, 4.69) is 11.8 Å². The van der Waals surface area contributed by atoms with E-state index in [-0.39, 0.29) is 17.0 Å². The highest BCUT2D eigenvalue weighted by atomic mass is 32.2. The number of hydrogen-bond acceptors (Lipinski definition) is 5. The summed E-state index contributed by atoms with van der Waals surface area (Å²) in [7, 11) is -0.658. The Morgan fingerprint density at radius 1 is 1.03 bits per heavy atom. The summed E-state index contributed by atoms with van der Waals surface area (Å²) in [6, 6.07) is 3.47. The lowest BCUT2D eigenvalue weighted by Crippen LogP contribution is -2.40. The Bertz CT molecular complexity index is 779. The topological polar surface area (TPSA) is 59.1 Å². The molecule has 1 fully saturated rings. The highest BCUT2D eigenvalue weighted by molar-refractivity contribution is 7.89. The fraction of sp³-hybridized carbons (Fsp3) is 0.727. The van der Waals surface area contributed by atoms with Crippen LogP contribution in [0.2, 0.25) is 0 Å². The van der Waals surface area contributed by atoms with Gasteiger partial charge in [0.25, 0.3) is 0 Å². The molecule has 1 aromatic carbocycles. The number of rotatable bonds is 12. The lowest BCUT2D eigenvalue weighted by atomic mass is 9.93. The molecule has 0 aromatic heterocycles. The molecule has 32 heavy (non-hydrogen) atoms. The lowest BCUT2D eigenvalue weighted by molar-refractivity contribution is -0.137. The molecule has 0 heterocycles. The summed E-state index contributed by atoms with van der Waals surface area (Å²) in [4.78, 5) is 2.19. The predicted octanol–water partition coefficient (Wildman–Crippen LogP) is 4.01. The van der Waals surface area contributed by atoms with Crippen molar-refractivity contribution in [2.45, 2.75) is 62.2 Å². The average Bonchev–Trinajstić information content (AvgIpc) is 2.78. The highest BCUT2D eigenvalue weighted by Gasteiger charge is 2.34. The zero-order valence-corrected chi connectivity index (χ0v) is 19.9. The van der Waals surface area contributed by atoms with Gasteiger partial charge in [-0.1, -0.05) is 6.92 Å². The number of likely N-dealkylation sites (N-methyl/N-ethyl adjacent to an activating group) is 1. The van der Waals surface area contributed by atoms with Crippen LogP contribution in [0.5, 0.6) is 0 Å². The number of alkyl halides is 3. The van der Waals surface area contributed by atoms with Crippen LogP contribution in [-0.4, -0.2) is 76.8 Å². The van der Waals surface area contributed by atoms with Gasteiger partial charge in [0.05, 0.1) is 23.2 Å². The summed E-state index contributed by atoms with van der Waals surface area (Å²) in [6.07, 6.45) is -0.601. The van der Waals surface area contributed by atoms with Crippen molar-refractivity contribution >= 4 is 10.0 Å². The number of ether oxygens (including phenoxy) is 2. The minimum absolute atomic E-state index is 0.113. The van der Waals surface area contributed by atoms with Gasteiger partial charge in [0.15, 0.2) is 0 Å². The van der Waals surface area contributed by atoms with Crippen molar-refractivity contribution in [3.05, 3.63) is 29.8 Å². The predicted molar refractivity (Wildman–Crippen MR) is 117 cm³/mol. The summed E-state index contributed by atoms with van der Waals surface area (Å²) >= 11 is 0. The molecule has 0 spiro atoms. The second-order valence-electron chi connectivity index (χ2n) is 8.13. The summed E-state index contributed by atoms with van der Waals surface area (Å²) in [6.45, 7) is 6.31. The highest BCUT2D eigenvalue weighted by Crippen LogP contribution is 2.32. The van der Waals surface area contributed by atoms with E-state index in [1.165, 1.54) is 11.4 Å². The van der Waals surface area contributed by atoms with Crippen molar-refractivity contribution in [2.75, 3.05) is 47.0 Å². The molecule has 0 radical (unpaired) electrons. The standard InChI is InChI=1S/C22H35F3N2O4S/c1-4-27(15-17-30-3)14-5-16-31-20-10-8-19(9-11-20)26(2)32(28,29)21-12-6-18(7-13-21)22(23,24)25/h6-7,12-13,19-20H,4-5,8-11,14-17H2,1-3H3. The minimum atomic E-state index is -4.49. The monoisotopic (exact) mass is 480 g/mol. The zero-order valence-electron chi connectivity index (χ0n) is 19.1. The molecular weight excluding hydrogens is 445 g/mol. The molecule has 1 saturated carbocycles. The van der Waals surface area contributed by atoms with E-state index in [9.17, 15) is 21.6 Å². The third-order valence-corrected chi connectivity index (χ3v) is 7.97. The van der Waals surface area contributed by atoms with Crippen molar-refractivity contribution in [1.29, 1.82) is 0 Å². The lowest BCUT2D eigenvalue weighted by Gasteiger charge is -2.34. The maximum absolute atomic E-state index is 12.9. The number of hydrogen-bond donors (Lipinski definition) is 0. The molecular formula is C22H35F3N2O4S. The number of sulfonamides is 1. The molecule has 1 aromatic rings. The average molecular weight is 481 g/mol. The van der Waals surface area contributed by atoms with Crippen LogP contribution in [0.1, 0.15) is 44.6 Å². The Labute approximate surface area is 189 Å². The van der Waals surface area contributed by atoms with E-state index in [1.54, 1.807) is 7.11 Å². The van der Waals surface area contributed by atoms with E-state index >= 15 is 0 Å². The largest absolute Gasteiger partial charge is 0.416 e. The van der Waals surface area contributed by atoms with Gasteiger partial charge < -0.3 is 14.4 Å². The van der Waals surface area contributed by atoms with Crippen LogP contribution < -0.4 is 0 Å². The molecule has 0 N–H and O–H groups in total. The van der Waals surface area contributed by atoms with Crippen LogP contribution >= 0.6 is 0 Å². The molecule has 10 heteroatoms.